The van der Waals surface area contributed by atoms with Crippen LogP contribution in [0.5, 0.6) is 5.75 Å². The van der Waals surface area contributed by atoms with Gasteiger partial charge in [-0.2, -0.15) is 5.10 Å². The Morgan fingerprint density at radius 2 is 2.07 bits per heavy atom. The number of aromatic nitrogens is 2. The number of nitrogens with one attached hydrogen (secondary N) is 2. The van der Waals surface area contributed by atoms with E-state index in [9.17, 15) is 0 Å². The molecule has 3 aromatic rings. The maximum atomic E-state index is 5.33. The second-order valence-electron chi connectivity index (χ2n) is 7.19. The first kappa shape index (κ1) is 17.6. The highest BCUT2D eigenvalue weighted by atomic mass is 16.5. The number of rotatable bonds is 7. The monoisotopic (exact) mass is 362 g/mol. The molecular formula is C22H26N4O. The number of hydrogen-bond donors (Lipinski definition) is 2. The van der Waals surface area contributed by atoms with Crippen LogP contribution in [-0.2, 0) is 6.54 Å². The first-order valence-electron chi connectivity index (χ1n) is 9.48. The molecule has 2 N–H and O–H groups in total. The van der Waals surface area contributed by atoms with Gasteiger partial charge in [-0.05, 0) is 54.3 Å². The van der Waals surface area contributed by atoms with Gasteiger partial charge in [0.15, 0.2) is 0 Å². The molecule has 0 amide bonds. The number of hydrogen-bond acceptors (Lipinski definition) is 4. The van der Waals surface area contributed by atoms with Crippen molar-refractivity contribution < 1.29 is 4.74 Å². The maximum absolute atomic E-state index is 5.33. The first-order valence-corrected chi connectivity index (χ1v) is 9.48. The van der Waals surface area contributed by atoms with Crippen molar-refractivity contribution in [2.75, 3.05) is 32.1 Å². The highest BCUT2D eigenvalue weighted by Crippen LogP contribution is 2.23. The lowest BCUT2D eigenvalue weighted by Gasteiger charge is -2.17. The molecule has 1 aliphatic rings. The van der Waals surface area contributed by atoms with Crippen LogP contribution in [0.3, 0.4) is 0 Å². The summed E-state index contributed by atoms with van der Waals surface area (Å²) in [6.45, 7) is 4.30. The molecule has 1 aliphatic heterocycles. The second kappa shape index (κ2) is 8.27. The van der Waals surface area contributed by atoms with Crippen LogP contribution in [0.4, 0.5) is 5.69 Å². The zero-order valence-corrected chi connectivity index (χ0v) is 15.7. The standard InChI is InChI=1S/C22H26N4O/c1-27-22-4-2-3-17(11-22)15-26-10-9-18(16-26)12-23-21-7-5-19(6-8-21)20-13-24-25-14-20/h2-8,11,13-14,18,23H,9-10,12,15-16H2,1H3,(H,24,25). The van der Waals surface area contributed by atoms with Gasteiger partial charge in [0.05, 0.1) is 13.3 Å². The van der Waals surface area contributed by atoms with Gasteiger partial charge in [-0.25, -0.2) is 0 Å². The number of H-pyrrole nitrogens is 1. The lowest BCUT2D eigenvalue weighted by Crippen LogP contribution is -2.22. The Hall–Kier alpha value is -2.79. The average molecular weight is 362 g/mol. The van der Waals surface area contributed by atoms with E-state index in [-0.39, 0.29) is 0 Å². The van der Waals surface area contributed by atoms with Gasteiger partial charge in [-0.15, -0.1) is 0 Å². The van der Waals surface area contributed by atoms with Crippen molar-refractivity contribution in [3.05, 3.63) is 66.5 Å². The van der Waals surface area contributed by atoms with Crippen molar-refractivity contribution in [2.24, 2.45) is 5.92 Å². The van der Waals surface area contributed by atoms with Gasteiger partial charge in [-0.1, -0.05) is 24.3 Å². The Kier molecular flexibility index (Phi) is 5.39. The van der Waals surface area contributed by atoms with Gasteiger partial charge in [0.25, 0.3) is 0 Å². The molecule has 0 saturated carbocycles. The van der Waals surface area contributed by atoms with Crippen LogP contribution in [0.15, 0.2) is 60.9 Å². The quantitative estimate of drug-likeness (QED) is 0.667. The number of aromatic amines is 1. The van der Waals surface area contributed by atoms with Crippen LogP contribution in [0.25, 0.3) is 11.1 Å². The molecule has 4 rings (SSSR count). The van der Waals surface area contributed by atoms with E-state index in [0.29, 0.717) is 5.92 Å². The fourth-order valence-electron chi connectivity index (χ4n) is 3.70. The Morgan fingerprint density at radius 1 is 1.19 bits per heavy atom. The summed E-state index contributed by atoms with van der Waals surface area (Å²) in [4.78, 5) is 2.53. The molecule has 2 aromatic carbocycles. The van der Waals surface area contributed by atoms with Crippen molar-refractivity contribution >= 4 is 5.69 Å². The summed E-state index contributed by atoms with van der Waals surface area (Å²) >= 11 is 0. The van der Waals surface area contributed by atoms with E-state index in [4.69, 9.17) is 4.74 Å². The fraction of sp³-hybridized carbons (Fsp3) is 0.318. The van der Waals surface area contributed by atoms with Gasteiger partial charge in [0, 0.05) is 37.1 Å². The van der Waals surface area contributed by atoms with Crippen LogP contribution in [-0.4, -0.2) is 41.8 Å². The van der Waals surface area contributed by atoms with Crippen LogP contribution in [0, 0.1) is 5.92 Å². The van der Waals surface area contributed by atoms with Crippen molar-refractivity contribution in [1.82, 2.24) is 15.1 Å². The van der Waals surface area contributed by atoms with Crippen molar-refractivity contribution in [3.8, 4) is 16.9 Å². The fourth-order valence-corrected chi connectivity index (χ4v) is 3.70. The van der Waals surface area contributed by atoms with Crippen LogP contribution >= 0.6 is 0 Å². The maximum Gasteiger partial charge on any atom is 0.119 e. The minimum atomic E-state index is 0.684. The molecule has 0 aliphatic carbocycles. The molecule has 5 nitrogen and oxygen atoms in total. The smallest absolute Gasteiger partial charge is 0.119 e. The van der Waals surface area contributed by atoms with E-state index < -0.39 is 0 Å². The molecule has 0 radical (unpaired) electrons. The molecule has 1 saturated heterocycles. The minimum absolute atomic E-state index is 0.684. The number of ether oxygens (including phenoxy) is 1. The molecule has 5 heteroatoms. The molecule has 140 valence electrons. The van der Waals surface area contributed by atoms with E-state index in [1.165, 1.54) is 23.2 Å². The van der Waals surface area contributed by atoms with E-state index >= 15 is 0 Å². The third-order valence-corrected chi connectivity index (χ3v) is 5.22. The summed E-state index contributed by atoms with van der Waals surface area (Å²) in [5.41, 5.74) is 4.79. The summed E-state index contributed by atoms with van der Waals surface area (Å²) < 4.78 is 5.33. The molecule has 0 spiro atoms. The average Bonchev–Trinajstić information content (AvgIpc) is 3.39. The molecule has 1 aromatic heterocycles. The molecule has 1 unspecified atom stereocenters. The first-order chi connectivity index (χ1) is 13.3. The molecular weight excluding hydrogens is 336 g/mol. The van der Waals surface area contributed by atoms with Crippen molar-refractivity contribution in [2.45, 2.75) is 13.0 Å². The zero-order chi connectivity index (χ0) is 18.5. The summed E-state index contributed by atoms with van der Waals surface area (Å²) in [6, 6.07) is 16.9. The van der Waals surface area contributed by atoms with Crippen LogP contribution in [0.2, 0.25) is 0 Å². The largest absolute Gasteiger partial charge is 0.497 e. The summed E-state index contributed by atoms with van der Waals surface area (Å²) in [6.07, 6.45) is 5.00. The number of methoxy groups -OCH3 is 1. The van der Waals surface area contributed by atoms with Gasteiger partial charge in [0.1, 0.15) is 5.75 Å². The third kappa shape index (κ3) is 4.49. The lowest BCUT2D eigenvalue weighted by molar-refractivity contribution is 0.318. The summed E-state index contributed by atoms with van der Waals surface area (Å²) in [5, 5.41) is 10.5. The van der Waals surface area contributed by atoms with Gasteiger partial charge < -0.3 is 10.1 Å². The Labute approximate surface area is 160 Å². The molecule has 1 atom stereocenters. The molecule has 2 heterocycles. The highest BCUT2D eigenvalue weighted by molar-refractivity contribution is 5.64. The number of likely N-dealkylation sites (tertiary alicyclic amines) is 1. The zero-order valence-electron chi connectivity index (χ0n) is 15.7. The van der Waals surface area contributed by atoms with Crippen molar-refractivity contribution in [1.29, 1.82) is 0 Å². The third-order valence-electron chi connectivity index (χ3n) is 5.22. The van der Waals surface area contributed by atoms with E-state index in [1.807, 2.05) is 18.5 Å². The highest BCUT2D eigenvalue weighted by Gasteiger charge is 2.22. The SMILES string of the molecule is COc1cccc(CN2CCC(CNc3ccc(-c4cn[nH]c4)cc3)C2)c1. The lowest BCUT2D eigenvalue weighted by atomic mass is 10.1. The second-order valence-corrected chi connectivity index (χ2v) is 7.19. The topological polar surface area (TPSA) is 53.2 Å². The Bertz CT molecular complexity index is 845. The Morgan fingerprint density at radius 3 is 2.85 bits per heavy atom. The summed E-state index contributed by atoms with van der Waals surface area (Å²) in [7, 11) is 1.72. The number of nitrogens with zero attached hydrogens (tertiary/aromatic N) is 2. The van der Waals surface area contributed by atoms with Gasteiger partial charge in [-0.3, -0.25) is 10.00 Å². The van der Waals surface area contributed by atoms with Crippen molar-refractivity contribution in [3.63, 3.8) is 0 Å². The number of anilines is 1. The normalized spacial score (nSPS) is 17.1. The molecule has 1 fully saturated rings. The van der Waals surface area contributed by atoms with Crippen LogP contribution in [0.1, 0.15) is 12.0 Å². The van der Waals surface area contributed by atoms with Crippen LogP contribution < -0.4 is 10.1 Å². The Balaban J connectivity index is 1.26. The minimum Gasteiger partial charge on any atom is -0.497 e. The number of benzene rings is 2. The summed E-state index contributed by atoms with van der Waals surface area (Å²) in [5.74, 6) is 1.62. The van der Waals surface area contributed by atoms with E-state index in [0.717, 1.165) is 37.5 Å². The van der Waals surface area contributed by atoms with Gasteiger partial charge >= 0.3 is 0 Å². The molecule has 27 heavy (non-hydrogen) atoms. The van der Waals surface area contributed by atoms with E-state index in [1.54, 1.807) is 7.11 Å². The van der Waals surface area contributed by atoms with E-state index in [2.05, 4.69) is 62.9 Å². The van der Waals surface area contributed by atoms with Gasteiger partial charge in [0.2, 0.25) is 0 Å². The predicted molar refractivity (Wildman–Crippen MR) is 109 cm³/mol. The molecule has 0 bridgehead atoms. The predicted octanol–water partition coefficient (Wildman–Crippen LogP) is 4.02.